The number of rotatable bonds is 12. The lowest BCUT2D eigenvalue weighted by Crippen LogP contribution is -2.49. The van der Waals surface area contributed by atoms with Crippen molar-refractivity contribution in [2.24, 2.45) is 11.7 Å². The highest BCUT2D eigenvalue weighted by atomic mass is 16.7. The van der Waals surface area contributed by atoms with Crippen LogP contribution in [0, 0.1) is 5.92 Å². The number of ether oxygens (including phenoxy) is 3. The minimum Gasteiger partial charge on any atom is -0.460 e. The summed E-state index contributed by atoms with van der Waals surface area (Å²) in [4.78, 5) is 26.4. The fourth-order valence-corrected chi connectivity index (χ4v) is 2.30. The Bertz CT molecular complexity index is 415. The summed E-state index contributed by atoms with van der Waals surface area (Å²) >= 11 is 0. The molecule has 0 spiro atoms. The Labute approximate surface area is 158 Å². The molecule has 0 saturated carbocycles. The normalized spacial score (nSPS) is 13.2. The molecule has 1 atom stereocenters. The van der Waals surface area contributed by atoms with Gasteiger partial charge in [-0.2, -0.15) is 0 Å². The number of nitrogens with two attached hydrogens (primary N) is 1. The average molecular weight is 375 g/mol. The Morgan fingerprint density at radius 2 is 1.62 bits per heavy atom. The quantitative estimate of drug-likeness (QED) is 0.416. The SMILES string of the molecule is CCOC(CN(CCC(C)C)C(=O)C(N)CC(=O)OC(C)(C)C)OCC. The third kappa shape index (κ3) is 11.4. The highest BCUT2D eigenvalue weighted by Gasteiger charge is 2.28. The van der Waals surface area contributed by atoms with E-state index in [4.69, 9.17) is 19.9 Å². The third-order valence-electron chi connectivity index (χ3n) is 3.49. The Morgan fingerprint density at radius 3 is 2.04 bits per heavy atom. The van der Waals surface area contributed by atoms with Crippen molar-refractivity contribution >= 4 is 11.9 Å². The standard InChI is InChI=1S/C19H38N2O5/c1-8-24-17(25-9-2)13-21(11-10-14(3)4)18(23)15(20)12-16(22)26-19(5,6)7/h14-15,17H,8-13,20H2,1-7H3. The molecule has 2 N–H and O–H groups in total. The first-order chi connectivity index (χ1) is 12.0. The molecule has 0 aromatic carbocycles. The lowest BCUT2D eigenvalue weighted by molar-refractivity contribution is -0.162. The van der Waals surface area contributed by atoms with Crippen molar-refractivity contribution in [1.82, 2.24) is 4.90 Å². The highest BCUT2D eigenvalue weighted by Crippen LogP contribution is 2.12. The van der Waals surface area contributed by atoms with Gasteiger partial charge in [-0.1, -0.05) is 13.8 Å². The first-order valence-electron chi connectivity index (χ1n) is 9.49. The molecule has 1 amide bonds. The van der Waals surface area contributed by atoms with Crippen molar-refractivity contribution in [3.05, 3.63) is 0 Å². The van der Waals surface area contributed by atoms with Gasteiger partial charge in [-0.05, 0) is 47.0 Å². The Kier molecular flexibility index (Phi) is 11.7. The number of carbonyl (C=O) groups excluding carboxylic acids is 2. The van der Waals surface area contributed by atoms with Gasteiger partial charge >= 0.3 is 5.97 Å². The van der Waals surface area contributed by atoms with E-state index in [2.05, 4.69) is 13.8 Å². The van der Waals surface area contributed by atoms with Gasteiger partial charge in [-0.15, -0.1) is 0 Å². The minimum absolute atomic E-state index is 0.151. The van der Waals surface area contributed by atoms with Crippen LogP contribution in [0.25, 0.3) is 0 Å². The van der Waals surface area contributed by atoms with Crippen molar-refractivity contribution in [2.75, 3.05) is 26.3 Å². The van der Waals surface area contributed by atoms with Crippen molar-refractivity contribution in [3.63, 3.8) is 0 Å². The summed E-state index contributed by atoms with van der Waals surface area (Å²) in [7, 11) is 0. The summed E-state index contributed by atoms with van der Waals surface area (Å²) in [6.45, 7) is 15.1. The molecule has 0 fully saturated rings. The molecule has 0 saturated heterocycles. The van der Waals surface area contributed by atoms with E-state index < -0.39 is 23.9 Å². The van der Waals surface area contributed by atoms with E-state index in [0.717, 1.165) is 6.42 Å². The molecule has 0 aromatic rings. The van der Waals surface area contributed by atoms with Gasteiger partial charge in [0.2, 0.25) is 5.91 Å². The number of hydrogen-bond donors (Lipinski definition) is 1. The van der Waals surface area contributed by atoms with Gasteiger partial charge in [0.1, 0.15) is 5.60 Å². The summed E-state index contributed by atoms with van der Waals surface area (Å²) in [6, 6.07) is -0.944. The smallest absolute Gasteiger partial charge is 0.308 e. The van der Waals surface area contributed by atoms with Gasteiger partial charge < -0.3 is 24.8 Å². The highest BCUT2D eigenvalue weighted by molar-refractivity contribution is 5.86. The second kappa shape index (κ2) is 12.3. The van der Waals surface area contributed by atoms with Crippen LogP contribution in [0.4, 0.5) is 0 Å². The Morgan fingerprint density at radius 1 is 1.08 bits per heavy atom. The predicted octanol–water partition coefficient (Wildman–Crippen LogP) is 2.32. The van der Waals surface area contributed by atoms with E-state index in [1.165, 1.54) is 0 Å². The summed E-state index contributed by atoms with van der Waals surface area (Å²) < 4.78 is 16.4. The average Bonchev–Trinajstić information content (AvgIpc) is 2.48. The Balaban J connectivity index is 4.97. The molecule has 0 aliphatic rings. The first kappa shape index (κ1) is 24.8. The summed E-state index contributed by atoms with van der Waals surface area (Å²) in [5, 5.41) is 0. The van der Waals surface area contributed by atoms with Gasteiger partial charge in [0, 0.05) is 19.8 Å². The van der Waals surface area contributed by atoms with E-state index in [1.54, 1.807) is 25.7 Å². The largest absolute Gasteiger partial charge is 0.460 e. The van der Waals surface area contributed by atoms with E-state index in [0.29, 0.717) is 25.7 Å². The molecule has 7 nitrogen and oxygen atoms in total. The van der Waals surface area contributed by atoms with Crippen LogP contribution in [-0.4, -0.2) is 61.0 Å². The van der Waals surface area contributed by atoms with Gasteiger partial charge in [-0.25, -0.2) is 0 Å². The van der Waals surface area contributed by atoms with Gasteiger partial charge in [0.15, 0.2) is 6.29 Å². The molecule has 0 aliphatic heterocycles. The molecule has 0 aromatic heterocycles. The maximum Gasteiger partial charge on any atom is 0.308 e. The molecule has 154 valence electrons. The predicted molar refractivity (Wildman–Crippen MR) is 102 cm³/mol. The van der Waals surface area contributed by atoms with Crippen LogP contribution in [0.15, 0.2) is 0 Å². The molecule has 0 aliphatic carbocycles. The van der Waals surface area contributed by atoms with Gasteiger partial charge in [-0.3, -0.25) is 9.59 Å². The van der Waals surface area contributed by atoms with Crippen molar-refractivity contribution in [2.45, 2.75) is 79.2 Å². The molecule has 0 radical (unpaired) electrons. The van der Waals surface area contributed by atoms with E-state index in [1.807, 2.05) is 13.8 Å². The van der Waals surface area contributed by atoms with Crippen molar-refractivity contribution in [3.8, 4) is 0 Å². The van der Waals surface area contributed by atoms with Gasteiger partial charge in [0.25, 0.3) is 0 Å². The molecule has 0 bridgehead atoms. The van der Waals surface area contributed by atoms with E-state index in [-0.39, 0.29) is 18.9 Å². The van der Waals surface area contributed by atoms with Crippen molar-refractivity contribution < 1.29 is 23.8 Å². The molecule has 7 heteroatoms. The molecular formula is C19H38N2O5. The van der Waals surface area contributed by atoms with Crippen molar-refractivity contribution in [1.29, 1.82) is 0 Å². The monoisotopic (exact) mass is 374 g/mol. The molecular weight excluding hydrogens is 336 g/mol. The minimum atomic E-state index is -0.944. The third-order valence-corrected chi connectivity index (χ3v) is 3.49. The number of amides is 1. The summed E-state index contributed by atoms with van der Waals surface area (Å²) in [6.07, 6.45) is 0.174. The van der Waals surface area contributed by atoms with Crippen LogP contribution in [-0.2, 0) is 23.8 Å². The zero-order valence-corrected chi connectivity index (χ0v) is 17.5. The number of nitrogens with zero attached hydrogens (tertiary/aromatic N) is 1. The van der Waals surface area contributed by atoms with Crippen LogP contribution >= 0.6 is 0 Å². The number of hydrogen-bond acceptors (Lipinski definition) is 6. The Hall–Kier alpha value is -1.18. The molecule has 26 heavy (non-hydrogen) atoms. The first-order valence-corrected chi connectivity index (χ1v) is 9.49. The lowest BCUT2D eigenvalue weighted by atomic mass is 10.1. The van der Waals surface area contributed by atoms with E-state index in [9.17, 15) is 9.59 Å². The zero-order valence-electron chi connectivity index (χ0n) is 17.5. The fraction of sp³-hybridized carbons (Fsp3) is 0.895. The molecule has 0 rings (SSSR count). The van der Waals surface area contributed by atoms with Crippen LogP contribution in [0.1, 0.15) is 61.3 Å². The molecule has 0 heterocycles. The second-order valence-electron chi connectivity index (χ2n) is 7.70. The van der Waals surface area contributed by atoms with Crippen LogP contribution in [0.2, 0.25) is 0 Å². The van der Waals surface area contributed by atoms with E-state index >= 15 is 0 Å². The summed E-state index contributed by atoms with van der Waals surface area (Å²) in [5.41, 5.74) is 5.39. The molecule has 1 unspecified atom stereocenters. The van der Waals surface area contributed by atoms with Crippen LogP contribution in [0.3, 0.4) is 0 Å². The van der Waals surface area contributed by atoms with Crippen LogP contribution in [0.5, 0.6) is 0 Å². The maximum atomic E-state index is 12.8. The number of carbonyl (C=O) groups is 2. The van der Waals surface area contributed by atoms with Crippen LogP contribution < -0.4 is 5.73 Å². The lowest BCUT2D eigenvalue weighted by Gasteiger charge is -2.30. The van der Waals surface area contributed by atoms with Gasteiger partial charge in [0.05, 0.1) is 19.0 Å². The zero-order chi connectivity index (χ0) is 20.3. The second-order valence-corrected chi connectivity index (χ2v) is 7.70. The maximum absolute atomic E-state index is 12.8. The topological polar surface area (TPSA) is 91.1 Å². The number of esters is 1. The fourth-order valence-electron chi connectivity index (χ4n) is 2.30. The summed E-state index contributed by atoms with van der Waals surface area (Å²) in [5.74, 6) is -0.334.